The normalized spacial score (nSPS) is 16.4. The molecule has 0 atom stereocenters. The lowest BCUT2D eigenvalue weighted by Crippen LogP contribution is -2.38. The zero-order valence-corrected chi connectivity index (χ0v) is 9.17. The molecule has 0 bridgehead atoms. The quantitative estimate of drug-likeness (QED) is 0.767. The van der Waals surface area contributed by atoms with E-state index in [0.717, 1.165) is 24.6 Å². The number of thioether (sulfide) groups is 1. The van der Waals surface area contributed by atoms with E-state index in [2.05, 4.69) is 4.98 Å². The van der Waals surface area contributed by atoms with Crippen molar-refractivity contribution in [1.82, 2.24) is 9.88 Å². The van der Waals surface area contributed by atoms with E-state index >= 15 is 0 Å². The van der Waals surface area contributed by atoms with Crippen molar-refractivity contribution in [3.8, 4) is 0 Å². The zero-order valence-electron chi connectivity index (χ0n) is 8.35. The fourth-order valence-corrected chi connectivity index (χ4v) is 2.44. The molecule has 1 fully saturated rings. The van der Waals surface area contributed by atoms with Crippen molar-refractivity contribution >= 4 is 23.4 Å². The predicted molar refractivity (Wildman–Crippen MR) is 61.9 cm³/mol. The molecular formula is C10H13N3OS. The van der Waals surface area contributed by atoms with Gasteiger partial charge in [0.05, 0.1) is 17.4 Å². The lowest BCUT2D eigenvalue weighted by Gasteiger charge is -2.26. The minimum absolute atomic E-state index is 0.0233. The smallest absolute Gasteiger partial charge is 0.256 e. The molecule has 1 saturated heterocycles. The Bertz CT molecular complexity index is 363. The van der Waals surface area contributed by atoms with Crippen LogP contribution in [-0.2, 0) is 0 Å². The van der Waals surface area contributed by atoms with Crippen molar-refractivity contribution in [1.29, 1.82) is 0 Å². The Balaban J connectivity index is 2.16. The van der Waals surface area contributed by atoms with Crippen LogP contribution in [0.2, 0.25) is 0 Å². The Hall–Kier alpha value is -1.23. The number of anilines is 1. The summed E-state index contributed by atoms with van der Waals surface area (Å²) in [5.41, 5.74) is 6.74. The van der Waals surface area contributed by atoms with Gasteiger partial charge in [0, 0.05) is 30.8 Å². The first-order valence-corrected chi connectivity index (χ1v) is 6.01. The maximum Gasteiger partial charge on any atom is 0.256 e. The lowest BCUT2D eigenvalue weighted by molar-refractivity contribution is 0.0773. The Morgan fingerprint density at radius 1 is 1.47 bits per heavy atom. The van der Waals surface area contributed by atoms with Gasteiger partial charge < -0.3 is 10.6 Å². The molecule has 5 heteroatoms. The number of nitrogens with zero attached hydrogens (tertiary/aromatic N) is 2. The third-order valence-corrected chi connectivity index (χ3v) is 3.32. The van der Waals surface area contributed by atoms with Gasteiger partial charge in [-0.1, -0.05) is 0 Å². The molecule has 4 nitrogen and oxygen atoms in total. The maximum atomic E-state index is 12.0. The Kier molecular flexibility index (Phi) is 3.11. The molecule has 0 aliphatic carbocycles. The molecule has 1 aliphatic heterocycles. The molecule has 1 aromatic rings. The van der Waals surface area contributed by atoms with Gasteiger partial charge in [0.1, 0.15) is 0 Å². The zero-order chi connectivity index (χ0) is 10.7. The molecule has 15 heavy (non-hydrogen) atoms. The van der Waals surface area contributed by atoms with E-state index in [1.54, 1.807) is 12.3 Å². The number of carbonyl (C=O) groups is 1. The topological polar surface area (TPSA) is 59.2 Å². The van der Waals surface area contributed by atoms with Crippen LogP contribution in [0.3, 0.4) is 0 Å². The summed E-state index contributed by atoms with van der Waals surface area (Å²) in [7, 11) is 0. The number of pyridine rings is 1. The van der Waals surface area contributed by atoms with Crippen LogP contribution >= 0.6 is 11.8 Å². The van der Waals surface area contributed by atoms with Gasteiger partial charge in [0.15, 0.2) is 0 Å². The number of rotatable bonds is 1. The van der Waals surface area contributed by atoms with E-state index in [4.69, 9.17) is 5.73 Å². The molecule has 0 unspecified atom stereocenters. The highest BCUT2D eigenvalue weighted by Crippen LogP contribution is 2.16. The summed E-state index contributed by atoms with van der Waals surface area (Å²) in [5, 5.41) is 0. The van der Waals surface area contributed by atoms with Crippen molar-refractivity contribution in [3.05, 3.63) is 24.0 Å². The molecule has 0 radical (unpaired) electrons. The number of carbonyl (C=O) groups excluding carboxylic acids is 1. The molecule has 1 aromatic heterocycles. The minimum Gasteiger partial charge on any atom is -0.397 e. The highest BCUT2D eigenvalue weighted by Gasteiger charge is 2.19. The van der Waals surface area contributed by atoms with E-state index in [9.17, 15) is 4.79 Å². The third-order valence-electron chi connectivity index (χ3n) is 2.38. The van der Waals surface area contributed by atoms with Crippen LogP contribution in [-0.4, -0.2) is 40.4 Å². The Morgan fingerprint density at radius 2 is 2.20 bits per heavy atom. The highest BCUT2D eigenvalue weighted by atomic mass is 32.2. The van der Waals surface area contributed by atoms with Crippen molar-refractivity contribution in [2.75, 3.05) is 30.3 Å². The van der Waals surface area contributed by atoms with Crippen LogP contribution < -0.4 is 5.73 Å². The van der Waals surface area contributed by atoms with Gasteiger partial charge in [-0.15, -0.1) is 0 Å². The summed E-state index contributed by atoms with van der Waals surface area (Å²) in [6.07, 6.45) is 3.12. The number of aromatic nitrogens is 1. The number of nitrogen functional groups attached to an aromatic ring is 1. The molecule has 1 aliphatic rings. The molecule has 1 amide bonds. The summed E-state index contributed by atoms with van der Waals surface area (Å²) in [6, 6.07) is 1.68. The summed E-state index contributed by atoms with van der Waals surface area (Å²) < 4.78 is 0. The Morgan fingerprint density at radius 3 is 2.87 bits per heavy atom. The standard InChI is InChI=1S/C10H13N3OS/c11-9-7-12-2-1-8(9)10(14)13-3-5-15-6-4-13/h1-2,7H,3-6,11H2. The average molecular weight is 223 g/mol. The fraction of sp³-hybridized carbons (Fsp3) is 0.400. The van der Waals surface area contributed by atoms with E-state index in [0.29, 0.717) is 11.3 Å². The molecule has 0 saturated carbocycles. The number of hydrogen-bond donors (Lipinski definition) is 1. The van der Waals surface area contributed by atoms with Crippen molar-refractivity contribution in [2.24, 2.45) is 0 Å². The second-order valence-electron chi connectivity index (χ2n) is 3.37. The fourth-order valence-electron chi connectivity index (χ4n) is 1.54. The molecule has 2 rings (SSSR count). The summed E-state index contributed by atoms with van der Waals surface area (Å²) in [5.74, 6) is 2.04. The van der Waals surface area contributed by atoms with Gasteiger partial charge in [0.2, 0.25) is 0 Å². The number of amides is 1. The molecule has 0 spiro atoms. The maximum absolute atomic E-state index is 12.0. The highest BCUT2D eigenvalue weighted by molar-refractivity contribution is 7.99. The largest absolute Gasteiger partial charge is 0.397 e. The van der Waals surface area contributed by atoms with E-state index in [-0.39, 0.29) is 5.91 Å². The van der Waals surface area contributed by atoms with Gasteiger partial charge in [-0.2, -0.15) is 11.8 Å². The van der Waals surface area contributed by atoms with Crippen LogP contribution in [0.1, 0.15) is 10.4 Å². The first-order valence-electron chi connectivity index (χ1n) is 4.85. The van der Waals surface area contributed by atoms with Gasteiger partial charge in [0.25, 0.3) is 5.91 Å². The second-order valence-corrected chi connectivity index (χ2v) is 4.59. The van der Waals surface area contributed by atoms with Crippen molar-refractivity contribution in [2.45, 2.75) is 0 Å². The van der Waals surface area contributed by atoms with Crippen LogP contribution in [0.15, 0.2) is 18.5 Å². The number of hydrogen-bond acceptors (Lipinski definition) is 4. The van der Waals surface area contributed by atoms with Crippen molar-refractivity contribution in [3.63, 3.8) is 0 Å². The second kappa shape index (κ2) is 4.53. The van der Waals surface area contributed by atoms with Crippen LogP contribution in [0.4, 0.5) is 5.69 Å². The van der Waals surface area contributed by atoms with Gasteiger partial charge in [-0.25, -0.2) is 0 Å². The molecular weight excluding hydrogens is 210 g/mol. The molecule has 2 N–H and O–H groups in total. The molecule has 0 aromatic carbocycles. The third kappa shape index (κ3) is 2.23. The van der Waals surface area contributed by atoms with Crippen molar-refractivity contribution < 1.29 is 4.79 Å². The van der Waals surface area contributed by atoms with Gasteiger partial charge in [-0.05, 0) is 6.07 Å². The van der Waals surface area contributed by atoms with Crippen LogP contribution in [0.5, 0.6) is 0 Å². The predicted octanol–water partition coefficient (Wildman–Crippen LogP) is 0.853. The molecule has 2 heterocycles. The first kappa shape index (κ1) is 10.3. The van der Waals surface area contributed by atoms with E-state index in [1.165, 1.54) is 6.20 Å². The first-order chi connectivity index (χ1) is 7.29. The monoisotopic (exact) mass is 223 g/mol. The molecule has 80 valence electrons. The lowest BCUT2D eigenvalue weighted by atomic mass is 10.2. The number of nitrogens with two attached hydrogens (primary N) is 1. The average Bonchev–Trinajstić information content (AvgIpc) is 2.30. The van der Waals surface area contributed by atoms with E-state index in [1.807, 2.05) is 16.7 Å². The summed E-state index contributed by atoms with van der Waals surface area (Å²) in [4.78, 5) is 17.8. The van der Waals surface area contributed by atoms with Crippen LogP contribution in [0.25, 0.3) is 0 Å². The van der Waals surface area contributed by atoms with Gasteiger partial charge in [-0.3, -0.25) is 9.78 Å². The van der Waals surface area contributed by atoms with Gasteiger partial charge >= 0.3 is 0 Å². The minimum atomic E-state index is 0.0233. The Labute approximate surface area is 92.9 Å². The van der Waals surface area contributed by atoms with E-state index < -0.39 is 0 Å². The van der Waals surface area contributed by atoms with Crippen LogP contribution in [0, 0.1) is 0 Å². The summed E-state index contributed by atoms with van der Waals surface area (Å²) >= 11 is 1.88. The summed E-state index contributed by atoms with van der Waals surface area (Å²) in [6.45, 7) is 1.62. The SMILES string of the molecule is Nc1cnccc1C(=O)N1CCSCC1.